The Hall–Kier alpha value is -1.22. The minimum atomic E-state index is -0.925. The third-order valence-corrected chi connectivity index (χ3v) is 4.73. The van der Waals surface area contributed by atoms with Gasteiger partial charge in [0.2, 0.25) is 0 Å². The van der Waals surface area contributed by atoms with Crippen molar-refractivity contribution in [3.63, 3.8) is 0 Å². The first-order chi connectivity index (χ1) is 9.32. The maximum absolute atomic E-state index is 11.4. The van der Waals surface area contributed by atoms with Gasteiger partial charge in [-0.25, -0.2) is 4.79 Å². The van der Waals surface area contributed by atoms with Crippen molar-refractivity contribution in [2.75, 3.05) is 11.9 Å². The van der Waals surface area contributed by atoms with E-state index in [1.165, 1.54) is 0 Å². The van der Waals surface area contributed by atoms with Crippen LogP contribution in [0.25, 0.3) is 0 Å². The summed E-state index contributed by atoms with van der Waals surface area (Å²) in [4.78, 5) is 13.4. The highest BCUT2D eigenvalue weighted by Crippen LogP contribution is 2.39. The Bertz CT molecular complexity index is 503. The molecule has 0 spiro atoms. The van der Waals surface area contributed by atoms with Gasteiger partial charge in [0.05, 0.1) is 16.3 Å². The lowest BCUT2D eigenvalue weighted by atomic mass is 9.75. The summed E-state index contributed by atoms with van der Waals surface area (Å²) in [5.41, 5.74) is 1.32. The molecule has 1 aromatic rings. The van der Waals surface area contributed by atoms with Crippen LogP contribution in [0, 0.1) is 5.41 Å². The quantitative estimate of drug-likeness (QED) is 0.896. The number of carboxylic acids is 1. The summed E-state index contributed by atoms with van der Waals surface area (Å²) in [7, 11) is 1.96. The molecule has 0 saturated heterocycles. The molecule has 20 heavy (non-hydrogen) atoms. The molecule has 0 bridgehead atoms. The zero-order valence-electron chi connectivity index (χ0n) is 12.3. The van der Waals surface area contributed by atoms with Crippen LogP contribution < -0.4 is 4.90 Å². The SMILES string of the molecule is CN(c1c(Cl)cccc1C(=O)O)C1CCC(C)(C)CC1. The monoisotopic (exact) mass is 295 g/mol. The predicted octanol–water partition coefficient (Wildman–Crippen LogP) is 4.44. The summed E-state index contributed by atoms with van der Waals surface area (Å²) in [5, 5.41) is 9.85. The van der Waals surface area contributed by atoms with E-state index in [0.29, 0.717) is 22.2 Å². The van der Waals surface area contributed by atoms with E-state index >= 15 is 0 Å². The number of aromatic carboxylic acids is 1. The van der Waals surface area contributed by atoms with Gasteiger partial charge in [0, 0.05) is 13.1 Å². The molecule has 1 aliphatic carbocycles. The molecular formula is C16H22ClNO2. The number of carboxylic acid groups (broad SMARTS) is 1. The summed E-state index contributed by atoms with van der Waals surface area (Å²) in [6.07, 6.45) is 4.48. The van der Waals surface area contributed by atoms with Crippen molar-refractivity contribution in [2.24, 2.45) is 5.41 Å². The number of nitrogens with zero attached hydrogens (tertiary/aromatic N) is 1. The summed E-state index contributed by atoms with van der Waals surface area (Å²) in [5.74, 6) is -0.925. The number of halogens is 1. The van der Waals surface area contributed by atoms with Gasteiger partial charge in [-0.1, -0.05) is 31.5 Å². The first-order valence-electron chi connectivity index (χ1n) is 7.06. The van der Waals surface area contributed by atoms with Crippen molar-refractivity contribution < 1.29 is 9.90 Å². The molecule has 110 valence electrons. The van der Waals surface area contributed by atoms with Crippen LogP contribution in [0.3, 0.4) is 0 Å². The molecule has 1 fully saturated rings. The van der Waals surface area contributed by atoms with Crippen molar-refractivity contribution in [3.8, 4) is 0 Å². The van der Waals surface area contributed by atoms with Crippen LogP contribution in [0.4, 0.5) is 5.69 Å². The van der Waals surface area contributed by atoms with Gasteiger partial charge in [-0.15, -0.1) is 0 Å². The number of rotatable bonds is 3. The standard InChI is InChI=1S/C16H22ClNO2/c1-16(2)9-7-11(8-10-16)18(3)14-12(15(19)20)5-4-6-13(14)17/h4-6,11H,7-10H2,1-3H3,(H,19,20). The number of para-hydroxylation sites is 1. The number of benzene rings is 1. The number of hydrogen-bond acceptors (Lipinski definition) is 2. The Kier molecular flexibility index (Phi) is 4.28. The zero-order valence-corrected chi connectivity index (χ0v) is 13.1. The Labute approximate surface area is 125 Å². The molecule has 0 aromatic heterocycles. The molecular weight excluding hydrogens is 274 g/mol. The van der Waals surface area contributed by atoms with Gasteiger partial charge in [0.25, 0.3) is 0 Å². The van der Waals surface area contributed by atoms with E-state index in [9.17, 15) is 9.90 Å². The molecule has 2 rings (SSSR count). The first kappa shape index (κ1) is 15.2. The van der Waals surface area contributed by atoms with Gasteiger partial charge in [-0.05, 0) is 43.2 Å². The van der Waals surface area contributed by atoms with E-state index in [2.05, 4.69) is 18.7 Å². The normalized spacial score (nSPS) is 18.8. The van der Waals surface area contributed by atoms with Crippen molar-refractivity contribution in [2.45, 2.75) is 45.6 Å². The summed E-state index contributed by atoms with van der Waals surface area (Å²) in [6, 6.07) is 5.42. The highest BCUT2D eigenvalue weighted by atomic mass is 35.5. The molecule has 4 heteroatoms. The molecule has 1 N–H and O–H groups in total. The molecule has 1 aromatic carbocycles. The Morgan fingerprint density at radius 1 is 1.35 bits per heavy atom. The van der Waals surface area contributed by atoms with Gasteiger partial charge in [-0.2, -0.15) is 0 Å². The van der Waals surface area contributed by atoms with E-state index in [0.717, 1.165) is 25.7 Å². The van der Waals surface area contributed by atoms with Crippen LogP contribution >= 0.6 is 11.6 Å². The molecule has 0 aliphatic heterocycles. The molecule has 1 aliphatic rings. The topological polar surface area (TPSA) is 40.5 Å². The zero-order chi connectivity index (χ0) is 14.9. The minimum absolute atomic E-state index is 0.282. The van der Waals surface area contributed by atoms with Crippen LogP contribution in [0.1, 0.15) is 49.9 Å². The van der Waals surface area contributed by atoms with Gasteiger partial charge in [-0.3, -0.25) is 0 Å². The van der Waals surface area contributed by atoms with E-state index in [1.54, 1.807) is 18.2 Å². The minimum Gasteiger partial charge on any atom is -0.478 e. The Morgan fingerprint density at radius 3 is 2.50 bits per heavy atom. The van der Waals surface area contributed by atoms with Gasteiger partial charge < -0.3 is 10.0 Å². The van der Waals surface area contributed by atoms with E-state index in [4.69, 9.17) is 11.6 Å². The summed E-state index contributed by atoms with van der Waals surface area (Å²) >= 11 is 6.24. The largest absolute Gasteiger partial charge is 0.478 e. The van der Waals surface area contributed by atoms with Crippen LogP contribution in [0.15, 0.2) is 18.2 Å². The second-order valence-electron chi connectivity index (χ2n) is 6.45. The Morgan fingerprint density at radius 2 is 1.95 bits per heavy atom. The third-order valence-electron chi connectivity index (χ3n) is 4.43. The smallest absolute Gasteiger partial charge is 0.337 e. The maximum atomic E-state index is 11.4. The molecule has 3 nitrogen and oxygen atoms in total. The molecule has 0 atom stereocenters. The van der Waals surface area contributed by atoms with Crippen LogP contribution in [0.2, 0.25) is 5.02 Å². The average Bonchev–Trinajstić information content (AvgIpc) is 2.37. The fourth-order valence-electron chi connectivity index (χ4n) is 3.00. The van der Waals surface area contributed by atoms with Gasteiger partial charge >= 0.3 is 5.97 Å². The van der Waals surface area contributed by atoms with Crippen molar-refractivity contribution in [1.82, 2.24) is 0 Å². The molecule has 0 heterocycles. The van der Waals surface area contributed by atoms with Crippen LogP contribution in [0.5, 0.6) is 0 Å². The highest BCUT2D eigenvalue weighted by molar-refractivity contribution is 6.34. The fraction of sp³-hybridized carbons (Fsp3) is 0.562. The van der Waals surface area contributed by atoms with Gasteiger partial charge in [0.1, 0.15) is 0 Å². The van der Waals surface area contributed by atoms with Crippen LogP contribution in [-0.2, 0) is 0 Å². The predicted molar refractivity (Wildman–Crippen MR) is 82.9 cm³/mol. The second kappa shape index (κ2) is 5.65. The fourth-order valence-corrected chi connectivity index (χ4v) is 3.31. The molecule has 0 unspecified atom stereocenters. The van der Waals surface area contributed by atoms with E-state index < -0.39 is 5.97 Å². The third kappa shape index (κ3) is 3.09. The number of hydrogen-bond donors (Lipinski definition) is 1. The van der Waals surface area contributed by atoms with Crippen molar-refractivity contribution >= 4 is 23.3 Å². The molecule has 1 saturated carbocycles. The molecule has 0 radical (unpaired) electrons. The number of anilines is 1. The first-order valence-corrected chi connectivity index (χ1v) is 7.44. The maximum Gasteiger partial charge on any atom is 0.337 e. The van der Waals surface area contributed by atoms with E-state index in [1.807, 2.05) is 7.05 Å². The van der Waals surface area contributed by atoms with Crippen molar-refractivity contribution in [1.29, 1.82) is 0 Å². The number of carbonyl (C=O) groups is 1. The summed E-state index contributed by atoms with van der Waals surface area (Å²) < 4.78 is 0. The lowest BCUT2D eigenvalue weighted by Gasteiger charge is -2.40. The van der Waals surface area contributed by atoms with Crippen molar-refractivity contribution in [3.05, 3.63) is 28.8 Å². The molecule has 0 amide bonds. The van der Waals surface area contributed by atoms with Crippen LogP contribution in [-0.4, -0.2) is 24.2 Å². The Balaban J connectivity index is 2.26. The highest BCUT2D eigenvalue weighted by Gasteiger charge is 2.30. The lowest BCUT2D eigenvalue weighted by molar-refractivity contribution is 0.0697. The summed E-state index contributed by atoms with van der Waals surface area (Å²) in [6.45, 7) is 4.59. The average molecular weight is 296 g/mol. The van der Waals surface area contributed by atoms with Gasteiger partial charge in [0.15, 0.2) is 0 Å². The second-order valence-corrected chi connectivity index (χ2v) is 6.85. The lowest BCUT2D eigenvalue weighted by Crippen LogP contribution is -2.38. The van der Waals surface area contributed by atoms with E-state index in [-0.39, 0.29) is 5.56 Å².